The summed E-state index contributed by atoms with van der Waals surface area (Å²) in [5, 5.41) is 17.2. The fourth-order valence-electron chi connectivity index (χ4n) is 4.43. The van der Waals surface area contributed by atoms with Crippen molar-refractivity contribution in [2.75, 3.05) is 23.0 Å². The Morgan fingerprint density at radius 1 is 1.06 bits per heavy atom. The standard InChI is InChI=1S/C26H28N6O2Si/c1-35(2,3)12-11-34-18-31-25-20(15-29-31)8-6-10-23(25)30-17-21(13-27)32(26(30)33)24-16-28-14-19-7-4-5-9-22(19)24/h4-10,14-16,21H,11-12,17-18H2,1-3H3. The summed E-state index contributed by atoms with van der Waals surface area (Å²) in [5.41, 5.74) is 2.18. The summed E-state index contributed by atoms with van der Waals surface area (Å²) >= 11 is 0. The maximum absolute atomic E-state index is 13.8. The topological polar surface area (TPSA) is 87.3 Å². The largest absolute Gasteiger partial charge is 0.360 e. The van der Waals surface area contributed by atoms with Crippen LogP contribution in [-0.4, -0.2) is 48.1 Å². The van der Waals surface area contributed by atoms with Gasteiger partial charge in [-0.2, -0.15) is 10.4 Å². The predicted molar refractivity (Wildman–Crippen MR) is 140 cm³/mol. The van der Waals surface area contributed by atoms with Crippen molar-refractivity contribution in [3.63, 3.8) is 0 Å². The van der Waals surface area contributed by atoms with Gasteiger partial charge in [-0.3, -0.25) is 14.8 Å². The lowest BCUT2D eigenvalue weighted by Crippen LogP contribution is -2.34. The number of benzene rings is 2. The summed E-state index contributed by atoms with van der Waals surface area (Å²) in [4.78, 5) is 21.3. The molecule has 35 heavy (non-hydrogen) atoms. The van der Waals surface area contributed by atoms with Crippen LogP contribution >= 0.6 is 0 Å². The molecule has 1 fully saturated rings. The molecule has 5 rings (SSSR count). The minimum absolute atomic E-state index is 0.249. The number of para-hydroxylation sites is 1. The van der Waals surface area contributed by atoms with Gasteiger partial charge in [-0.25, -0.2) is 9.48 Å². The molecular formula is C26H28N6O2Si. The van der Waals surface area contributed by atoms with Crippen molar-refractivity contribution in [3.8, 4) is 6.07 Å². The molecule has 2 aromatic carbocycles. The number of anilines is 2. The number of fused-ring (bicyclic) bond motifs is 2. The second kappa shape index (κ2) is 9.13. The number of aromatic nitrogens is 3. The molecule has 0 bridgehead atoms. The van der Waals surface area contributed by atoms with E-state index in [0.717, 1.165) is 33.4 Å². The second-order valence-corrected chi connectivity index (χ2v) is 15.6. The van der Waals surface area contributed by atoms with Crippen LogP contribution in [0.3, 0.4) is 0 Å². The van der Waals surface area contributed by atoms with Crippen LogP contribution < -0.4 is 9.80 Å². The summed E-state index contributed by atoms with van der Waals surface area (Å²) in [5.74, 6) is 0. The smallest absolute Gasteiger partial charge is 0.330 e. The zero-order valence-corrected chi connectivity index (χ0v) is 21.2. The lowest BCUT2D eigenvalue weighted by molar-refractivity contribution is 0.0817. The van der Waals surface area contributed by atoms with Gasteiger partial charge in [0.15, 0.2) is 0 Å². The van der Waals surface area contributed by atoms with Gasteiger partial charge in [0.25, 0.3) is 0 Å². The number of hydrogen-bond donors (Lipinski definition) is 0. The molecule has 2 amide bonds. The van der Waals surface area contributed by atoms with Gasteiger partial charge < -0.3 is 4.74 Å². The molecule has 0 N–H and O–H groups in total. The molecule has 0 radical (unpaired) electrons. The lowest BCUT2D eigenvalue weighted by Gasteiger charge is -2.21. The van der Waals surface area contributed by atoms with E-state index in [1.165, 1.54) is 0 Å². The average molecular weight is 485 g/mol. The molecule has 2 aromatic heterocycles. The van der Waals surface area contributed by atoms with Crippen molar-refractivity contribution >= 4 is 47.2 Å². The molecule has 1 aliphatic heterocycles. The molecule has 1 saturated heterocycles. The van der Waals surface area contributed by atoms with E-state index in [4.69, 9.17) is 4.74 Å². The first kappa shape index (κ1) is 23.0. The number of amides is 2. The zero-order chi connectivity index (χ0) is 24.6. The molecule has 4 aromatic rings. The maximum atomic E-state index is 13.8. The van der Waals surface area contributed by atoms with Crippen molar-refractivity contribution in [2.24, 2.45) is 0 Å². The summed E-state index contributed by atoms with van der Waals surface area (Å²) in [6.45, 7) is 8.20. The zero-order valence-electron chi connectivity index (χ0n) is 20.2. The highest BCUT2D eigenvalue weighted by Crippen LogP contribution is 2.35. The van der Waals surface area contributed by atoms with Crippen LogP contribution in [0.1, 0.15) is 0 Å². The van der Waals surface area contributed by atoms with Crippen LogP contribution in [0.25, 0.3) is 21.7 Å². The Bertz CT molecular complexity index is 1430. The number of nitrogens with zero attached hydrogens (tertiary/aromatic N) is 6. The number of hydrogen-bond acceptors (Lipinski definition) is 5. The van der Waals surface area contributed by atoms with Gasteiger partial charge in [0.1, 0.15) is 12.8 Å². The van der Waals surface area contributed by atoms with E-state index < -0.39 is 14.1 Å². The van der Waals surface area contributed by atoms with Crippen molar-refractivity contribution in [1.29, 1.82) is 5.26 Å². The van der Waals surface area contributed by atoms with Crippen molar-refractivity contribution in [2.45, 2.75) is 38.5 Å². The summed E-state index contributed by atoms with van der Waals surface area (Å²) in [7, 11) is -1.19. The number of carbonyl (C=O) groups is 1. The molecule has 9 heteroatoms. The van der Waals surface area contributed by atoms with Crippen LogP contribution in [0.15, 0.2) is 61.1 Å². The highest BCUT2D eigenvalue weighted by molar-refractivity contribution is 6.76. The number of nitriles is 1. The van der Waals surface area contributed by atoms with Crippen LogP contribution in [0.4, 0.5) is 16.2 Å². The van der Waals surface area contributed by atoms with Crippen molar-refractivity contribution in [1.82, 2.24) is 14.8 Å². The van der Waals surface area contributed by atoms with Gasteiger partial charge in [0, 0.05) is 37.0 Å². The van der Waals surface area contributed by atoms with E-state index in [-0.39, 0.29) is 12.6 Å². The fraction of sp³-hybridized carbons (Fsp3) is 0.308. The SMILES string of the molecule is C[Si](C)(C)CCOCn1ncc2cccc(N3CC(C#N)N(c4cncc5ccccc45)C3=O)c21. The van der Waals surface area contributed by atoms with Gasteiger partial charge in [0.2, 0.25) is 0 Å². The van der Waals surface area contributed by atoms with Crippen molar-refractivity contribution in [3.05, 3.63) is 61.1 Å². The van der Waals surface area contributed by atoms with E-state index in [9.17, 15) is 10.1 Å². The Morgan fingerprint density at radius 3 is 2.66 bits per heavy atom. The Balaban J connectivity index is 1.49. The monoisotopic (exact) mass is 484 g/mol. The molecule has 0 saturated carbocycles. The summed E-state index contributed by atoms with van der Waals surface area (Å²) in [6, 6.07) is 16.0. The molecule has 3 heterocycles. The average Bonchev–Trinajstić information content (AvgIpc) is 3.41. The number of ether oxygens (including phenoxy) is 1. The highest BCUT2D eigenvalue weighted by Gasteiger charge is 2.41. The number of pyridine rings is 1. The molecular weight excluding hydrogens is 456 g/mol. The Labute approximate surface area is 205 Å². The predicted octanol–water partition coefficient (Wildman–Crippen LogP) is 5.24. The third-order valence-corrected chi connectivity index (χ3v) is 8.01. The summed E-state index contributed by atoms with van der Waals surface area (Å²) < 4.78 is 7.75. The highest BCUT2D eigenvalue weighted by atomic mass is 28.3. The number of carbonyl (C=O) groups excluding carboxylic acids is 1. The molecule has 8 nitrogen and oxygen atoms in total. The Kier molecular flexibility index (Phi) is 6.01. The van der Waals surface area contributed by atoms with Gasteiger partial charge in [-0.15, -0.1) is 0 Å². The normalized spacial score (nSPS) is 16.4. The molecule has 1 aliphatic rings. The molecule has 178 valence electrons. The molecule has 1 atom stereocenters. The minimum Gasteiger partial charge on any atom is -0.360 e. The van der Waals surface area contributed by atoms with E-state index in [0.29, 0.717) is 19.0 Å². The van der Waals surface area contributed by atoms with Gasteiger partial charge in [-0.05, 0) is 12.1 Å². The minimum atomic E-state index is -1.19. The van der Waals surface area contributed by atoms with Gasteiger partial charge in [-0.1, -0.05) is 56.0 Å². The number of rotatable bonds is 7. The van der Waals surface area contributed by atoms with Crippen molar-refractivity contribution < 1.29 is 9.53 Å². The first-order valence-electron chi connectivity index (χ1n) is 11.7. The maximum Gasteiger partial charge on any atom is 0.330 e. The molecule has 0 spiro atoms. The third-order valence-electron chi connectivity index (χ3n) is 6.30. The third kappa shape index (κ3) is 4.38. The first-order chi connectivity index (χ1) is 16.9. The Morgan fingerprint density at radius 2 is 1.86 bits per heavy atom. The Hall–Kier alpha value is -3.74. The van der Waals surface area contributed by atoms with Crippen LogP contribution in [0.2, 0.25) is 25.7 Å². The van der Waals surface area contributed by atoms with Crippen LogP contribution in [0, 0.1) is 11.3 Å². The lowest BCUT2D eigenvalue weighted by atomic mass is 10.1. The first-order valence-corrected chi connectivity index (χ1v) is 15.4. The van der Waals surface area contributed by atoms with E-state index in [2.05, 4.69) is 35.8 Å². The van der Waals surface area contributed by atoms with Crippen LogP contribution in [-0.2, 0) is 11.5 Å². The van der Waals surface area contributed by atoms with Crippen LogP contribution in [0.5, 0.6) is 0 Å². The fourth-order valence-corrected chi connectivity index (χ4v) is 5.18. The van der Waals surface area contributed by atoms with E-state index in [1.807, 2.05) is 42.5 Å². The van der Waals surface area contributed by atoms with E-state index >= 15 is 0 Å². The molecule has 0 aliphatic carbocycles. The quantitative estimate of drug-likeness (QED) is 0.265. The number of urea groups is 1. The molecule has 1 unspecified atom stereocenters. The summed E-state index contributed by atoms with van der Waals surface area (Å²) in [6.07, 6.45) is 5.21. The van der Waals surface area contributed by atoms with Gasteiger partial charge >= 0.3 is 6.03 Å². The van der Waals surface area contributed by atoms with Gasteiger partial charge in [0.05, 0.1) is 41.9 Å². The van der Waals surface area contributed by atoms with E-state index in [1.54, 1.807) is 33.1 Å². The second-order valence-electron chi connectivity index (χ2n) is 9.99.